The molecule has 2 aromatic carbocycles. The minimum absolute atomic E-state index is 0.398. The van der Waals surface area contributed by atoms with Crippen molar-refractivity contribution in [2.24, 2.45) is 0 Å². The zero-order valence-corrected chi connectivity index (χ0v) is 10.8. The molecule has 1 aliphatic carbocycles. The fourth-order valence-electron chi connectivity index (χ4n) is 2.38. The van der Waals surface area contributed by atoms with Crippen LogP contribution in [0.25, 0.3) is 10.8 Å². The Morgan fingerprint density at radius 2 is 1.89 bits per heavy atom. The highest BCUT2D eigenvalue weighted by molar-refractivity contribution is 5.83. The zero-order chi connectivity index (χ0) is 12.4. The normalized spacial score (nSPS) is 16.9. The van der Waals surface area contributed by atoms with Gasteiger partial charge in [-0.25, -0.2) is 0 Å². The van der Waals surface area contributed by atoms with E-state index in [9.17, 15) is 0 Å². The summed E-state index contributed by atoms with van der Waals surface area (Å²) in [5, 5.41) is 9.63. The van der Waals surface area contributed by atoms with Crippen LogP contribution >= 0.6 is 0 Å². The number of rotatable bonds is 5. The lowest BCUT2D eigenvalue weighted by Gasteiger charge is -2.18. The highest BCUT2D eigenvalue weighted by atomic mass is 15.0. The molecule has 1 saturated carbocycles. The molecule has 0 heterocycles. The molecular formula is C16H20N2. The van der Waals surface area contributed by atoms with E-state index in [1.807, 2.05) is 7.05 Å². The molecule has 1 fully saturated rings. The van der Waals surface area contributed by atoms with Crippen molar-refractivity contribution in [3.63, 3.8) is 0 Å². The van der Waals surface area contributed by atoms with Gasteiger partial charge in [-0.2, -0.15) is 0 Å². The molecule has 0 radical (unpaired) electrons. The number of likely N-dealkylation sites (N-methyl/N-ethyl adjacent to an activating group) is 1. The van der Waals surface area contributed by atoms with Crippen molar-refractivity contribution >= 4 is 10.8 Å². The molecule has 2 N–H and O–H groups in total. The Labute approximate surface area is 108 Å². The quantitative estimate of drug-likeness (QED) is 0.839. The van der Waals surface area contributed by atoms with Crippen LogP contribution in [0, 0.1) is 0 Å². The van der Waals surface area contributed by atoms with Crippen molar-refractivity contribution in [1.29, 1.82) is 0 Å². The lowest BCUT2D eigenvalue weighted by molar-refractivity contribution is 0.526. The second-order valence-electron chi connectivity index (χ2n) is 5.13. The van der Waals surface area contributed by atoms with Crippen molar-refractivity contribution in [2.75, 3.05) is 13.6 Å². The molecule has 1 atom stereocenters. The summed E-state index contributed by atoms with van der Waals surface area (Å²) in [5.74, 6) is 0. The Hall–Kier alpha value is -1.38. The Balaban J connectivity index is 1.81. The average Bonchev–Trinajstić information content (AvgIpc) is 3.23. The Kier molecular flexibility index (Phi) is 3.31. The summed E-state index contributed by atoms with van der Waals surface area (Å²) in [5.41, 5.74) is 1.37. The molecule has 18 heavy (non-hydrogen) atoms. The second-order valence-corrected chi connectivity index (χ2v) is 5.13. The third-order valence-corrected chi connectivity index (χ3v) is 3.71. The van der Waals surface area contributed by atoms with E-state index in [2.05, 4.69) is 53.1 Å². The van der Waals surface area contributed by atoms with Gasteiger partial charge in [0.15, 0.2) is 0 Å². The lowest BCUT2D eigenvalue weighted by Crippen LogP contribution is -2.30. The SMILES string of the molecule is CNC(CNC1CC1)c1ccc2ccccc2c1. The summed E-state index contributed by atoms with van der Waals surface area (Å²) >= 11 is 0. The van der Waals surface area contributed by atoms with Gasteiger partial charge in [0.1, 0.15) is 0 Å². The van der Waals surface area contributed by atoms with Gasteiger partial charge >= 0.3 is 0 Å². The molecule has 0 bridgehead atoms. The van der Waals surface area contributed by atoms with Crippen molar-refractivity contribution in [3.8, 4) is 0 Å². The van der Waals surface area contributed by atoms with Gasteiger partial charge in [-0.3, -0.25) is 0 Å². The molecule has 0 amide bonds. The number of hydrogen-bond donors (Lipinski definition) is 2. The maximum atomic E-state index is 3.59. The summed E-state index contributed by atoms with van der Waals surface area (Å²) in [6, 6.07) is 16.4. The van der Waals surface area contributed by atoms with Gasteiger partial charge in [-0.1, -0.05) is 36.4 Å². The minimum atomic E-state index is 0.398. The predicted molar refractivity (Wildman–Crippen MR) is 76.8 cm³/mol. The van der Waals surface area contributed by atoms with E-state index in [4.69, 9.17) is 0 Å². The van der Waals surface area contributed by atoms with Gasteiger partial charge in [0.05, 0.1) is 0 Å². The van der Waals surface area contributed by atoms with E-state index < -0.39 is 0 Å². The highest BCUT2D eigenvalue weighted by Crippen LogP contribution is 2.22. The first-order valence-electron chi connectivity index (χ1n) is 6.76. The Morgan fingerprint density at radius 3 is 2.61 bits per heavy atom. The molecule has 0 spiro atoms. The van der Waals surface area contributed by atoms with Crippen molar-refractivity contribution in [3.05, 3.63) is 48.0 Å². The third-order valence-electron chi connectivity index (χ3n) is 3.71. The monoisotopic (exact) mass is 240 g/mol. The highest BCUT2D eigenvalue weighted by Gasteiger charge is 2.21. The molecule has 1 aliphatic rings. The standard InChI is InChI=1S/C16H20N2/c1-17-16(11-18-15-8-9-15)14-7-6-12-4-2-3-5-13(12)10-14/h2-7,10,15-18H,8-9,11H2,1H3. The molecule has 2 heteroatoms. The van der Waals surface area contributed by atoms with Crippen molar-refractivity contribution < 1.29 is 0 Å². The van der Waals surface area contributed by atoms with Gasteiger partial charge in [0, 0.05) is 18.6 Å². The number of hydrogen-bond acceptors (Lipinski definition) is 2. The number of benzene rings is 2. The van der Waals surface area contributed by atoms with Gasteiger partial charge in [-0.05, 0) is 42.3 Å². The van der Waals surface area contributed by atoms with Crippen LogP contribution in [0.4, 0.5) is 0 Å². The summed E-state index contributed by atoms with van der Waals surface area (Å²) in [7, 11) is 2.04. The second kappa shape index (κ2) is 5.09. The van der Waals surface area contributed by atoms with Crippen LogP contribution in [-0.2, 0) is 0 Å². The molecule has 2 nitrogen and oxygen atoms in total. The summed E-state index contributed by atoms with van der Waals surface area (Å²) in [6.07, 6.45) is 2.68. The first kappa shape index (κ1) is 11.7. The number of nitrogens with one attached hydrogen (secondary N) is 2. The maximum absolute atomic E-state index is 3.59. The lowest BCUT2D eigenvalue weighted by atomic mass is 10.0. The molecule has 0 aliphatic heterocycles. The topological polar surface area (TPSA) is 24.1 Å². The van der Waals surface area contributed by atoms with Crippen LogP contribution in [0.5, 0.6) is 0 Å². The first-order valence-corrected chi connectivity index (χ1v) is 6.76. The van der Waals surface area contributed by atoms with Crippen LogP contribution in [0.3, 0.4) is 0 Å². The summed E-state index contributed by atoms with van der Waals surface area (Å²) in [4.78, 5) is 0. The van der Waals surface area contributed by atoms with Crippen LogP contribution in [0.2, 0.25) is 0 Å². The van der Waals surface area contributed by atoms with Gasteiger partial charge in [-0.15, -0.1) is 0 Å². The van der Waals surface area contributed by atoms with Gasteiger partial charge < -0.3 is 10.6 Å². The molecule has 0 saturated heterocycles. The van der Waals surface area contributed by atoms with E-state index in [0.29, 0.717) is 6.04 Å². The summed E-state index contributed by atoms with van der Waals surface area (Å²) < 4.78 is 0. The van der Waals surface area contributed by atoms with Crippen molar-refractivity contribution in [1.82, 2.24) is 10.6 Å². The minimum Gasteiger partial charge on any atom is -0.312 e. The molecule has 0 aromatic heterocycles. The largest absolute Gasteiger partial charge is 0.312 e. The zero-order valence-electron chi connectivity index (χ0n) is 10.8. The maximum Gasteiger partial charge on any atom is 0.0444 e. The molecule has 1 unspecified atom stereocenters. The van der Waals surface area contributed by atoms with Gasteiger partial charge in [0.25, 0.3) is 0 Å². The van der Waals surface area contributed by atoms with Crippen LogP contribution in [-0.4, -0.2) is 19.6 Å². The fourth-order valence-corrected chi connectivity index (χ4v) is 2.38. The van der Waals surface area contributed by atoms with E-state index >= 15 is 0 Å². The predicted octanol–water partition coefficient (Wildman–Crippen LogP) is 2.85. The summed E-state index contributed by atoms with van der Waals surface area (Å²) in [6.45, 7) is 1.01. The molecule has 2 aromatic rings. The van der Waals surface area contributed by atoms with E-state index in [1.54, 1.807) is 0 Å². The van der Waals surface area contributed by atoms with Crippen LogP contribution in [0.15, 0.2) is 42.5 Å². The van der Waals surface area contributed by atoms with E-state index in [0.717, 1.165) is 12.6 Å². The van der Waals surface area contributed by atoms with E-state index in [-0.39, 0.29) is 0 Å². The average molecular weight is 240 g/mol. The van der Waals surface area contributed by atoms with Crippen LogP contribution in [0.1, 0.15) is 24.4 Å². The molecular weight excluding hydrogens is 220 g/mol. The fraction of sp³-hybridized carbons (Fsp3) is 0.375. The van der Waals surface area contributed by atoms with Crippen LogP contribution < -0.4 is 10.6 Å². The molecule has 3 rings (SSSR count). The Bertz CT molecular complexity index is 531. The first-order chi connectivity index (χ1) is 8.86. The number of fused-ring (bicyclic) bond motifs is 1. The van der Waals surface area contributed by atoms with Gasteiger partial charge in [0.2, 0.25) is 0 Å². The van der Waals surface area contributed by atoms with Crippen molar-refractivity contribution in [2.45, 2.75) is 24.9 Å². The smallest absolute Gasteiger partial charge is 0.0444 e. The molecule has 94 valence electrons. The third kappa shape index (κ3) is 2.55. The Morgan fingerprint density at radius 1 is 1.11 bits per heavy atom. The van der Waals surface area contributed by atoms with E-state index in [1.165, 1.54) is 29.2 Å².